The number of hydrogen-bond donors (Lipinski definition) is 2. The number of rotatable bonds is 6. The highest BCUT2D eigenvalue weighted by Crippen LogP contribution is 2.20. The van der Waals surface area contributed by atoms with Gasteiger partial charge in [-0.2, -0.15) is 0 Å². The van der Waals surface area contributed by atoms with E-state index in [2.05, 4.69) is 9.88 Å². The molecular weight excluding hydrogens is 378 g/mol. The van der Waals surface area contributed by atoms with Crippen molar-refractivity contribution in [3.8, 4) is 17.1 Å². The molecule has 2 aromatic carbocycles. The third-order valence-corrected chi connectivity index (χ3v) is 5.47. The van der Waals surface area contributed by atoms with E-state index in [1.165, 1.54) is 5.56 Å². The van der Waals surface area contributed by atoms with Gasteiger partial charge in [0.2, 0.25) is 0 Å². The average Bonchev–Trinajstić information content (AvgIpc) is 2.74. The van der Waals surface area contributed by atoms with Crippen molar-refractivity contribution in [3.05, 3.63) is 81.3 Å². The minimum Gasteiger partial charge on any atom is -0.491 e. The summed E-state index contributed by atoms with van der Waals surface area (Å²) >= 11 is 0. The summed E-state index contributed by atoms with van der Waals surface area (Å²) in [4.78, 5) is 22.4. The van der Waals surface area contributed by atoms with Gasteiger partial charge in [-0.05, 0) is 25.5 Å². The van der Waals surface area contributed by atoms with Crippen molar-refractivity contribution in [3.63, 3.8) is 0 Å². The first-order valence-electron chi connectivity index (χ1n) is 10.3. The second kappa shape index (κ2) is 8.81. The number of aryl methyl sites for hydroxylation is 2. The topological polar surface area (TPSA) is 78.5 Å². The standard InChI is InChI=1S/C24H27N3O3/c1-16-7-9-18(10-8-16)23-25-21-11-12-27(14-20(21)24(29)26-23)13-19(28)15-30-22-6-4-3-5-17(22)2/h3-10,19,28H,11-15H2,1-2H3,(H,25,26,29). The van der Waals surface area contributed by atoms with Gasteiger partial charge in [0.05, 0.1) is 11.3 Å². The third kappa shape index (κ3) is 4.61. The predicted octanol–water partition coefficient (Wildman–Crippen LogP) is 2.85. The van der Waals surface area contributed by atoms with Crippen LogP contribution in [0.25, 0.3) is 11.4 Å². The van der Waals surface area contributed by atoms with Crippen LogP contribution in [0.3, 0.4) is 0 Å². The van der Waals surface area contributed by atoms with Crippen molar-refractivity contribution in [2.45, 2.75) is 32.9 Å². The maximum absolute atomic E-state index is 12.7. The minimum atomic E-state index is -0.634. The van der Waals surface area contributed by atoms with E-state index in [4.69, 9.17) is 9.72 Å². The molecule has 156 valence electrons. The Bertz CT molecular complexity index is 1080. The van der Waals surface area contributed by atoms with E-state index in [1.54, 1.807) is 0 Å². The first-order chi connectivity index (χ1) is 14.5. The fourth-order valence-corrected chi connectivity index (χ4v) is 3.74. The van der Waals surface area contributed by atoms with Crippen LogP contribution in [0, 0.1) is 13.8 Å². The Morgan fingerprint density at radius 1 is 1.17 bits per heavy atom. The molecule has 1 aliphatic heterocycles. The van der Waals surface area contributed by atoms with Crippen LogP contribution in [-0.2, 0) is 13.0 Å². The fourth-order valence-electron chi connectivity index (χ4n) is 3.74. The molecule has 1 aliphatic rings. The Labute approximate surface area is 176 Å². The van der Waals surface area contributed by atoms with E-state index in [0.29, 0.717) is 30.9 Å². The van der Waals surface area contributed by atoms with Crippen molar-refractivity contribution in [2.24, 2.45) is 0 Å². The highest BCUT2D eigenvalue weighted by Gasteiger charge is 2.23. The summed E-state index contributed by atoms with van der Waals surface area (Å²) in [6.07, 6.45) is 0.0498. The van der Waals surface area contributed by atoms with Gasteiger partial charge in [-0.1, -0.05) is 48.0 Å². The van der Waals surface area contributed by atoms with Gasteiger partial charge in [0.25, 0.3) is 5.56 Å². The third-order valence-electron chi connectivity index (χ3n) is 5.47. The summed E-state index contributed by atoms with van der Waals surface area (Å²) < 4.78 is 5.75. The molecule has 6 heteroatoms. The summed E-state index contributed by atoms with van der Waals surface area (Å²) in [6.45, 7) is 5.90. The number of aromatic nitrogens is 2. The molecule has 30 heavy (non-hydrogen) atoms. The van der Waals surface area contributed by atoms with Crippen molar-refractivity contribution < 1.29 is 9.84 Å². The Kier molecular flexibility index (Phi) is 5.97. The zero-order chi connectivity index (χ0) is 21.1. The Morgan fingerprint density at radius 3 is 2.70 bits per heavy atom. The molecule has 4 rings (SSSR count). The zero-order valence-electron chi connectivity index (χ0n) is 17.4. The number of para-hydroxylation sites is 1. The maximum atomic E-state index is 12.7. The number of ether oxygens (including phenoxy) is 1. The largest absolute Gasteiger partial charge is 0.491 e. The molecule has 0 bridgehead atoms. The highest BCUT2D eigenvalue weighted by atomic mass is 16.5. The normalized spacial score (nSPS) is 14.9. The lowest BCUT2D eigenvalue weighted by Crippen LogP contribution is -2.41. The van der Waals surface area contributed by atoms with Crippen molar-refractivity contribution >= 4 is 0 Å². The van der Waals surface area contributed by atoms with Gasteiger partial charge >= 0.3 is 0 Å². The van der Waals surface area contributed by atoms with Crippen LogP contribution in [0.5, 0.6) is 5.75 Å². The van der Waals surface area contributed by atoms with Crippen LogP contribution in [0.1, 0.15) is 22.4 Å². The summed E-state index contributed by atoms with van der Waals surface area (Å²) in [6, 6.07) is 15.7. The molecule has 2 N–H and O–H groups in total. The molecule has 1 atom stereocenters. The number of aliphatic hydroxyl groups is 1. The Morgan fingerprint density at radius 2 is 1.93 bits per heavy atom. The lowest BCUT2D eigenvalue weighted by molar-refractivity contribution is 0.0631. The molecule has 0 radical (unpaired) electrons. The monoisotopic (exact) mass is 405 g/mol. The fraction of sp³-hybridized carbons (Fsp3) is 0.333. The molecule has 0 spiro atoms. The number of aliphatic hydroxyl groups excluding tert-OH is 1. The van der Waals surface area contributed by atoms with Gasteiger partial charge in [0, 0.05) is 31.6 Å². The second-order valence-electron chi connectivity index (χ2n) is 7.92. The lowest BCUT2D eigenvalue weighted by atomic mass is 10.1. The van der Waals surface area contributed by atoms with Crippen LogP contribution in [-0.4, -0.2) is 45.8 Å². The number of fused-ring (bicyclic) bond motifs is 1. The number of nitrogens with zero attached hydrogens (tertiary/aromatic N) is 2. The molecule has 6 nitrogen and oxygen atoms in total. The van der Waals surface area contributed by atoms with Gasteiger partial charge in [-0.3, -0.25) is 9.69 Å². The molecule has 0 fully saturated rings. The number of hydrogen-bond acceptors (Lipinski definition) is 5. The second-order valence-corrected chi connectivity index (χ2v) is 7.92. The van der Waals surface area contributed by atoms with E-state index in [9.17, 15) is 9.90 Å². The van der Waals surface area contributed by atoms with E-state index >= 15 is 0 Å². The molecule has 0 saturated carbocycles. The van der Waals surface area contributed by atoms with Crippen molar-refractivity contribution in [2.75, 3.05) is 19.7 Å². The molecule has 0 aliphatic carbocycles. The molecule has 1 aromatic heterocycles. The lowest BCUT2D eigenvalue weighted by Gasteiger charge is -2.29. The predicted molar refractivity (Wildman–Crippen MR) is 117 cm³/mol. The van der Waals surface area contributed by atoms with E-state index in [-0.39, 0.29) is 12.2 Å². The van der Waals surface area contributed by atoms with Crippen LogP contribution in [0.4, 0.5) is 0 Å². The maximum Gasteiger partial charge on any atom is 0.255 e. The highest BCUT2D eigenvalue weighted by molar-refractivity contribution is 5.55. The quantitative estimate of drug-likeness (QED) is 0.659. The number of H-pyrrole nitrogens is 1. The molecule has 3 aromatic rings. The molecule has 2 heterocycles. The van der Waals surface area contributed by atoms with Crippen LogP contribution < -0.4 is 10.3 Å². The summed E-state index contributed by atoms with van der Waals surface area (Å²) in [5.41, 5.74) is 4.54. The molecule has 1 unspecified atom stereocenters. The molecule has 0 saturated heterocycles. The first-order valence-corrected chi connectivity index (χ1v) is 10.3. The number of β-amino-alcohol motifs (C(OH)–C–C–N with tert-alkyl or cyclic N) is 1. The van der Waals surface area contributed by atoms with E-state index in [0.717, 1.165) is 29.1 Å². The Balaban J connectivity index is 1.40. The van der Waals surface area contributed by atoms with Crippen molar-refractivity contribution in [1.82, 2.24) is 14.9 Å². The van der Waals surface area contributed by atoms with Gasteiger partial charge in [0.1, 0.15) is 24.3 Å². The van der Waals surface area contributed by atoms with E-state index < -0.39 is 6.10 Å². The SMILES string of the molecule is Cc1ccc(-c2nc3c(c(=O)[nH]2)CN(CC(O)COc2ccccc2C)CC3)cc1. The van der Waals surface area contributed by atoms with Gasteiger partial charge in [0.15, 0.2) is 0 Å². The smallest absolute Gasteiger partial charge is 0.255 e. The molecule has 0 amide bonds. The van der Waals surface area contributed by atoms with Gasteiger partial charge in [-0.15, -0.1) is 0 Å². The number of nitrogens with one attached hydrogen (secondary N) is 1. The Hall–Kier alpha value is -2.96. The van der Waals surface area contributed by atoms with Gasteiger partial charge < -0.3 is 14.8 Å². The van der Waals surface area contributed by atoms with Crippen LogP contribution >= 0.6 is 0 Å². The van der Waals surface area contributed by atoms with Gasteiger partial charge in [-0.25, -0.2) is 4.98 Å². The summed E-state index contributed by atoms with van der Waals surface area (Å²) in [5, 5.41) is 10.4. The number of benzene rings is 2. The zero-order valence-corrected chi connectivity index (χ0v) is 17.4. The number of aromatic amines is 1. The van der Waals surface area contributed by atoms with E-state index in [1.807, 2.05) is 62.4 Å². The summed E-state index contributed by atoms with van der Waals surface area (Å²) in [7, 11) is 0. The van der Waals surface area contributed by atoms with Crippen LogP contribution in [0.2, 0.25) is 0 Å². The minimum absolute atomic E-state index is 0.106. The van der Waals surface area contributed by atoms with Crippen molar-refractivity contribution in [1.29, 1.82) is 0 Å². The van der Waals surface area contributed by atoms with Crippen LogP contribution in [0.15, 0.2) is 53.3 Å². The molecular formula is C24H27N3O3. The first kappa shape index (κ1) is 20.3. The average molecular weight is 405 g/mol. The summed E-state index contributed by atoms with van der Waals surface area (Å²) in [5.74, 6) is 1.39.